The van der Waals surface area contributed by atoms with Crippen molar-refractivity contribution in [1.29, 1.82) is 0 Å². The van der Waals surface area contributed by atoms with E-state index in [0.29, 0.717) is 30.5 Å². The number of ether oxygens (including phenoxy) is 2. The number of carbonyl (C=O) groups excluding carboxylic acids is 1. The highest BCUT2D eigenvalue weighted by Crippen LogP contribution is 2.30. The third kappa shape index (κ3) is 3.87. The van der Waals surface area contributed by atoms with E-state index < -0.39 is 6.16 Å². The maximum Gasteiger partial charge on any atom is 0.507 e. The van der Waals surface area contributed by atoms with E-state index in [1.807, 2.05) is 0 Å². The van der Waals surface area contributed by atoms with Crippen molar-refractivity contribution in [2.45, 2.75) is 46.2 Å². The third-order valence-electron chi connectivity index (χ3n) is 3.51. The van der Waals surface area contributed by atoms with Gasteiger partial charge in [0.1, 0.15) is 0 Å². The van der Waals surface area contributed by atoms with Crippen LogP contribution in [0.4, 0.5) is 4.79 Å². The summed E-state index contributed by atoms with van der Waals surface area (Å²) in [7, 11) is 1.34. The number of rotatable bonds is 4. The summed E-state index contributed by atoms with van der Waals surface area (Å²) in [6, 6.07) is 1.15. The van der Waals surface area contributed by atoms with Gasteiger partial charge in [0.2, 0.25) is 0 Å². The lowest BCUT2D eigenvalue weighted by atomic mass is 9.97. The number of hydrogen-bond donors (Lipinski definition) is 0. The number of likely N-dealkylation sites (tertiary alicyclic amines) is 1. The first-order valence-corrected chi connectivity index (χ1v) is 6.42. The quantitative estimate of drug-likeness (QED) is 0.711. The van der Waals surface area contributed by atoms with E-state index in [4.69, 9.17) is 4.74 Å². The minimum Gasteiger partial charge on any atom is -0.438 e. The first kappa shape index (κ1) is 14.3. The zero-order chi connectivity index (χ0) is 13.0. The van der Waals surface area contributed by atoms with Crippen LogP contribution in [-0.2, 0) is 9.47 Å². The van der Waals surface area contributed by atoms with E-state index >= 15 is 0 Å². The Bertz CT molecular complexity index is 237. The summed E-state index contributed by atoms with van der Waals surface area (Å²) < 4.78 is 9.53. The molecule has 0 N–H and O–H groups in total. The second-order valence-corrected chi connectivity index (χ2v) is 5.47. The second kappa shape index (κ2) is 6.24. The van der Waals surface area contributed by atoms with Gasteiger partial charge in [-0.2, -0.15) is 0 Å². The lowest BCUT2D eigenvalue weighted by Crippen LogP contribution is -2.38. The monoisotopic (exact) mass is 243 g/mol. The fourth-order valence-corrected chi connectivity index (χ4v) is 2.60. The zero-order valence-electron chi connectivity index (χ0n) is 11.6. The topological polar surface area (TPSA) is 38.8 Å². The first-order chi connectivity index (χ1) is 7.95. The Morgan fingerprint density at radius 3 is 2.41 bits per heavy atom. The SMILES string of the molecule is COC(=O)OCC1CC(C(C)C)N(C(C)C)C1. The molecule has 1 aliphatic heterocycles. The van der Waals surface area contributed by atoms with Crippen LogP contribution >= 0.6 is 0 Å². The predicted molar refractivity (Wildman–Crippen MR) is 66.9 cm³/mol. The fraction of sp³-hybridized carbons (Fsp3) is 0.923. The van der Waals surface area contributed by atoms with Crippen LogP contribution in [0.3, 0.4) is 0 Å². The Morgan fingerprint density at radius 2 is 2.00 bits per heavy atom. The smallest absolute Gasteiger partial charge is 0.438 e. The standard InChI is InChI=1S/C13H25NO3/c1-9(2)12-6-11(7-14(12)10(3)4)8-17-13(15)16-5/h9-12H,6-8H2,1-5H3. The summed E-state index contributed by atoms with van der Waals surface area (Å²) in [5.41, 5.74) is 0. The summed E-state index contributed by atoms with van der Waals surface area (Å²) >= 11 is 0. The van der Waals surface area contributed by atoms with Crippen molar-refractivity contribution in [2.75, 3.05) is 20.3 Å². The first-order valence-electron chi connectivity index (χ1n) is 6.42. The van der Waals surface area contributed by atoms with Crippen molar-refractivity contribution >= 4 is 6.16 Å². The average Bonchev–Trinajstić information content (AvgIpc) is 2.70. The van der Waals surface area contributed by atoms with Crippen LogP contribution in [0.1, 0.15) is 34.1 Å². The van der Waals surface area contributed by atoms with Gasteiger partial charge in [-0.15, -0.1) is 0 Å². The molecule has 4 nitrogen and oxygen atoms in total. The van der Waals surface area contributed by atoms with E-state index in [-0.39, 0.29) is 0 Å². The largest absolute Gasteiger partial charge is 0.507 e. The second-order valence-electron chi connectivity index (χ2n) is 5.47. The number of hydrogen-bond acceptors (Lipinski definition) is 4. The summed E-state index contributed by atoms with van der Waals surface area (Å²) in [4.78, 5) is 13.5. The Balaban J connectivity index is 2.48. The van der Waals surface area contributed by atoms with Gasteiger partial charge in [-0.1, -0.05) is 13.8 Å². The van der Waals surface area contributed by atoms with Crippen molar-refractivity contribution in [3.05, 3.63) is 0 Å². The highest BCUT2D eigenvalue weighted by Gasteiger charge is 2.35. The Morgan fingerprint density at radius 1 is 1.35 bits per heavy atom. The molecule has 0 aromatic carbocycles. The van der Waals surface area contributed by atoms with E-state index in [1.165, 1.54) is 7.11 Å². The van der Waals surface area contributed by atoms with Gasteiger partial charge in [-0.25, -0.2) is 4.79 Å². The van der Waals surface area contributed by atoms with Crippen molar-refractivity contribution in [3.63, 3.8) is 0 Å². The van der Waals surface area contributed by atoms with Gasteiger partial charge >= 0.3 is 6.16 Å². The number of carbonyl (C=O) groups is 1. The lowest BCUT2D eigenvalue weighted by Gasteiger charge is -2.30. The van der Waals surface area contributed by atoms with Gasteiger partial charge in [0.15, 0.2) is 0 Å². The lowest BCUT2D eigenvalue weighted by molar-refractivity contribution is 0.0604. The molecule has 17 heavy (non-hydrogen) atoms. The molecule has 1 aliphatic rings. The molecular formula is C13H25NO3. The highest BCUT2D eigenvalue weighted by atomic mass is 16.7. The summed E-state index contributed by atoms with van der Waals surface area (Å²) in [5, 5.41) is 0. The number of nitrogens with zero attached hydrogens (tertiary/aromatic N) is 1. The molecule has 0 aromatic rings. The molecule has 100 valence electrons. The van der Waals surface area contributed by atoms with Crippen LogP contribution in [0.15, 0.2) is 0 Å². The predicted octanol–water partition coefficient (Wildman–Crippen LogP) is 2.52. The van der Waals surface area contributed by atoms with Gasteiger partial charge in [0.05, 0.1) is 13.7 Å². The van der Waals surface area contributed by atoms with E-state index in [0.717, 1.165) is 13.0 Å². The van der Waals surface area contributed by atoms with Gasteiger partial charge in [0.25, 0.3) is 0 Å². The summed E-state index contributed by atoms with van der Waals surface area (Å²) in [6.45, 7) is 10.4. The van der Waals surface area contributed by atoms with Crippen LogP contribution in [-0.4, -0.2) is 43.4 Å². The molecule has 1 fully saturated rings. The van der Waals surface area contributed by atoms with Crippen LogP contribution < -0.4 is 0 Å². The van der Waals surface area contributed by atoms with Crippen molar-refractivity contribution in [3.8, 4) is 0 Å². The van der Waals surface area contributed by atoms with E-state index in [2.05, 4.69) is 37.3 Å². The van der Waals surface area contributed by atoms with E-state index in [1.54, 1.807) is 0 Å². The molecule has 0 aromatic heterocycles. The molecule has 0 radical (unpaired) electrons. The van der Waals surface area contributed by atoms with Gasteiger partial charge in [0, 0.05) is 24.5 Å². The highest BCUT2D eigenvalue weighted by molar-refractivity contribution is 5.59. The minimum atomic E-state index is -0.575. The molecule has 0 bridgehead atoms. The van der Waals surface area contributed by atoms with Crippen LogP contribution in [0.2, 0.25) is 0 Å². The Labute approximate surface area is 104 Å². The summed E-state index contributed by atoms with van der Waals surface area (Å²) in [6.07, 6.45) is 0.529. The van der Waals surface area contributed by atoms with E-state index in [9.17, 15) is 4.79 Å². The Kier molecular flexibility index (Phi) is 5.25. The Hall–Kier alpha value is -0.770. The van der Waals surface area contributed by atoms with Crippen LogP contribution in [0, 0.1) is 11.8 Å². The molecule has 2 unspecified atom stereocenters. The molecule has 0 saturated carbocycles. The zero-order valence-corrected chi connectivity index (χ0v) is 11.6. The maximum absolute atomic E-state index is 10.9. The van der Waals surface area contributed by atoms with Crippen molar-refractivity contribution < 1.29 is 14.3 Å². The maximum atomic E-state index is 10.9. The van der Waals surface area contributed by atoms with Gasteiger partial charge in [-0.3, -0.25) is 4.90 Å². The fourth-order valence-electron chi connectivity index (χ4n) is 2.60. The molecular weight excluding hydrogens is 218 g/mol. The number of methoxy groups -OCH3 is 1. The molecule has 1 saturated heterocycles. The minimum absolute atomic E-state index is 0.434. The molecule has 1 rings (SSSR count). The van der Waals surface area contributed by atoms with Crippen molar-refractivity contribution in [1.82, 2.24) is 4.90 Å². The molecule has 0 amide bonds. The molecule has 1 heterocycles. The third-order valence-corrected chi connectivity index (χ3v) is 3.51. The van der Waals surface area contributed by atoms with Gasteiger partial charge < -0.3 is 9.47 Å². The molecule has 0 spiro atoms. The molecule has 4 heteroatoms. The van der Waals surface area contributed by atoms with Crippen molar-refractivity contribution in [2.24, 2.45) is 11.8 Å². The van der Waals surface area contributed by atoms with Crippen LogP contribution in [0.5, 0.6) is 0 Å². The van der Waals surface area contributed by atoms with Crippen LogP contribution in [0.25, 0.3) is 0 Å². The normalized spacial score (nSPS) is 25.6. The summed E-state index contributed by atoms with van der Waals surface area (Å²) in [5.74, 6) is 1.07. The molecule has 0 aliphatic carbocycles. The average molecular weight is 243 g/mol. The molecule has 2 atom stereocenters. The van der Waals surface area contributed by atoms with Gasteiger partial charge in [-0.05, 0) is 26.2 Å².